The highest BCUT2D eigenvalue weighted by Gasteiger charge is 2.42. The first kappa shape index (κ1) is 12.7. The summed E-state index contributed by atoms with van der Waals surface area (Å²) in [6.07, 6.45) is 6.69. The highest BCUT2D eigenvalue weighted by Crippen LogP contribution is 2.47. The number of hydrogen-bond acceptors (Lipinski definition) is 2. The van der Waals surface area contributed by atoms with Crippen LogP contribution in [0.4, 0.5) is 0 Å². The lowest BCUT2D eigenvalue weighted by molar-refractivity contribution is 0.143. The van der Waals surface area contributed by atoms with Gasteiger partial charge in [-0.25, -0.2) is 0 Å². The summed E-state index contributed by atoms with van der Waals surface area (Å²) in [5.74, 6) is 1.80. The highest BCUT2D eigenvalue weighted by molar-refractivity contribution is 7.10. The predicted molar refractivity (Wildman–Crippen MR) is 79.1 cm³/mol. The summed E-state index contributed by atoms with van der Waals surface area (Å²) in [6, 6.07) is 3.00. The van der Waals surface area contributed by atoms with E-state index in [1.165, 1.54) is 32.1 Å². The maximum absolute atomic E-state index is 3.94. The molecule has 0 radical (unpaired) electrons. The first-order valence-electron chi connectivity index (χ1n) is 7.45. The van der Waals surface area contributed by atoms with Crippen LogP contribution >= 0.6 is 11.3 Å². The van der Waals surface area contributed by atoms with Gasteiger partial charge in [0.25, 0.3) is 0 Å². The minimum Gasteiger partial charge on any atom is -0.304 e. The smallest absolute Gasteiger partial charge is 0.0533 e. The van der Waals surface area contributed by atoms with Gasteiger partial charge in [-0.1, -0.05) is 13.8 Å². The molecule has 1 nitrogen and oxygen atoms in total. The second-order valence-corrected chi connectivity index (χ2v) is 7.60. The summed E-state index contributed by atoms with van der Waals surface area (Å²) in [7, 11) is 0. The third-order valence-electron chi connectivity index (χ3n) is 5.06. The maximum Gasteiger partial charge on any atom is 0.0533 e. The fourth-order valence-electron chi connectivity index (χ4n) is 4.01. The average molecular weight is 263 g/mol. The Hall–Kier alpha value is -0.340. The second-order valence-electron chi connectivity index (χ2n) is 6.69. The minimum absolute atomic E-state index is 0.326. The van der Waals surface area contributed by atoms with E-state index in [1.54, 1.807) is 10.4 Å². The molecule has 18 heavy (non-hydrogen) atoms. The van der Waals surface area contributed by atoms with E-state index in [0.29, 0.717) is 11.6 Å². The lowest BCUT2D eigenvalue weighted by atomic mass is 9.70. The molecule has 0 aromatic carbocycles. The van der Waals surface area contributed by atoms with Crippen LogP contribution in [-0.2, 0) is 12.0 Å². The van der Waals surface area contributed by atoms with Crippen LogP contribution < -0.4 is 5.32 Å². The summed E-state index contributed by atoms with van der Waals surface area (Å²) in [6.45, 7) is 7.11. The van der Waals surface area contributed by atoms with Crippen molar-refractivity contribution >= 4 is 11.3 Å². The fraction of sp³-hybridized carbons (Fsp3) is 0.750. The van der Waals surface area contributed by atoms with Gasteiger partial charge in [-0.3, -0.25) is 0 Å². The lowest BCUT2D eigenvalue weighted by Crippen LogP contribution is -2.52. The van der Waals surface area contributed by atoms with Gasteiger partial charge in [0.1, 0.15) is 0 Å². The summed E-state index contributed by atoms with van der Waals surface area (Å²) in [5, 5.41) is 6.24. The molecule has 1 aromatic rings. The van der Waals surface area contributed by atoms with Crippen LogP contribution in [0.15, 0.2) is 11.4 Å². The number of thiophene rings is 1. The third-order valence-corrected chi connectivity index (χ3v) is 6.22. The molecule has 0 saturated heterocycles. The monoisotopic (exact) mass is 263 g/mol. The van der Waals surface area contributed by atoms with Crippen molar-refractivity contribution in [2.75, 3.05) is 0 Å². The number of fused-ring (bicyclic) bond motifs is 2. The Morgan fingerprint density at radius 3 is 2.72 bits per heavy atom. The Labute approximate surface area is 115 Å². The predicted octanol–water partition coefficient (Wildman–Crippen LogP) is 4.32. The summed E-state index contributed by atoms with van der Waals surface area (Å²) >= 11 is 1.98. The van der Waals surface area contributed by atoms with E-state index in [1.807, 2.05) is 11.3 Å². The standard InChI is InChI=1S/C16H25NS/c1-11(2)13-4-7-16(8-5-13)15-14(6-9-18-15)10-12(3)17-16/h6,9,11-13,17H,4-5,7-8,10H2,1-3H3/t12-,13?,16?/m0/s1. The summed E-state index contributed by atoms with van der Waals surface area (Å²) in [5.41, 5.74) is 1.95. The lowest BCUT2D eigenvalue weighted by Gasteiger charge is -2.46. The number of rotatable bonds is 1. The number of nitrogens with one attached hydrogen (secondary N) is 1. The van der Waals surface area contributed by atoms with Gasteiger partial charge in [0, 0.05) is 10.9 Å². The van der Waals surface area contributed by atoms with Crippen LogP contribution in [0.25, 0.3) is 0 Å². The first-order chi connectivity index (χ1) is 8.61. The molecule has 3 rings (SSSR count). The second kappa shape index (κ2) is 4.64. The zero-order chi connectivity index (χ0) is 12.8. The van der Waals surface area contributed by atoms with Crippen LogP contribution in [0.5, 0.6) is 0 Å². The van der Waals surface area contributed by atoms with Crippen molar-refractivity contribution in [1.82, 2.24) is 5.32 Å². The van der Waals surface area contributed by atoms with Gasteiger partial charge in [0.2, 0.25) is 0 Å². The van der Waals surface area contributed by atoms with E-state index in [2.05, 4.69) is 37.5 Å². The van der Waals surface area contributed by atoms with Gasteiger partial charge in [-0.2, -0.15) is 0 Å². The Kier molecular flexibility index (Phi) is 3.27. The van der Waals surface area contributed by atoms with Crippen molar-refractivity contribution in [3.05, 3.63) is 21.9 Å². The van der Waals surface area contributed by atoms with Crippen molar-refractivity contribution in [2.45, 2.75) is 64.5 Å². The van der Waals surface area contributed by atoms with Crippen molar-refractivity contribution in [3.63, 3.8) is 0 Å². The van der Waals surface area contributed by atoms with E-state index in [9.17, 15) is 0 Å². The van der Waals surface area contributed by atoms with Gasteiger partial charge in [0.15, 0.2) is 0 Å². The molecule has 1 fully saturated rings. The molecule has 1 aromatic heterocycles. The molecule has 1 aliphatic heterocycles. The normalized spacial score (nSPS) is 36.0. The zero-order valence-corrected chi connectivity index (χ0v) is 12.6. The van der Waals surface area contributed by atoms with Gasteiger partial charge in [-0.05, 0) is 67.9 Å². The van der Waals surface area contributed by atoms with Crippen molar-refractivity contribution in [2.24, 2.45) is 11.8 Å². The van der Waals surface area contributed by atoms with E-state index in [0.717, 1.165) is 11.8 Å². The Morgan fingerprint density at radius 2 is 2.06 bits per heavy atom. The molecule has 0 unspecified atom stereocenters. The Balaban J connectivity index is 1.85. The molecule has 0 bridgehead atoms. The van der Waals surface area contributed by atoms with Gasteiger partial charge in [0.05, 0.1) is 5.54 Å². The van der Waals surface area contributed by atoms with Gasteiger partial charge < -0.3 is 5.32 Å². The Bertz CT molecular complexity index is 412. The molecule has 2 heteroatoms. The molecule has 0 amide bonds. The zero-order valence-electron chi connectivity index (χ0n) is 11.8. The fourth-order valence-corrected chi connectivity index (χ4v) is 5.17. The average Bonchev–Trinajstić information content (AvgIpc) is 2.78. The van der Waals surface area contributed by atoms with Crippen LogP contribution in [0.3, 0.4) is 0 Å². The molecule has 2 aliphatic rings. The quantitative estimate of drug-likeness (QED) is 0.795. The third kappa shape index (κ3) is 2.04. The summed E-state index contributed by atoms with van der Waals surface area (Å²) < 4.78 is 0. The molecule has 1 saturated carbocycles. The van der Waals surface area contributed by atoms with Crippen LogP contribution in [0.1, 0.15) is 56.9 Å². The molecule has 1 N–H and O–H groups in total. The minimum atomic E-state index is 0.326. The van der Waals surface area contributed by atoms with E-state index in [4.69, 9.17) is 0 Å². The molecule has 1 spiro atoms. The number of hydrogen-bond donors (Lipinski definition) is 1. The van der Waals surface area contributed by atoms with E-state index >= 15 is 0 Å². The summed E-state index contributed by atoms with van der Waals surface area (Å²) in [4.78, 5) is 1.66. The Morgan fingerprint density at radius 1 is 1.33 bits per heavy atom. The largest absolute Gasteiger partial charge is 0.304 e. The van der Waals surface area contributed by atoms with Crippen molar-refractivity contribution in [3.8, 4) is 0 Å². The molecule has 1 atom stereocenters. The van der Waals surface area contributed by atoms with Crippen LogP contribution in [-0.4, -0.2) is 6.04 Å². The molecule has 2 heterocycles. The van der Waals surface area contributed by atoms with E-state index in [-0.39, 0.29) is 0 Å². The van der Waals surface area contributed by atoms with Crippen molar-refractivity contribution < 1.29 is 0 Å². The van der Waals surface area contributed by atoms with E-state index < -0.39 is 0 Å². The maximum atomic E-state index is 3.94. The highest BCUT2D eigenvalue weighted by atomic mass is 32.1. The van der Waals surface area contributed by atoms with Gasteiger partial charge >= 0.3 is 0 Å². The molecule has 100 valence electrons. The molecular weight excluding hydrogens is 238 g/mol. The van der Waals surface area contributed by atoms with Crippen LogP contribution in [0, 0.1) is 11.8 Å². The van der Waals surface area contributed by atoms with Gasteiger partial charge in [-0.15, -0.1) is 11.3 Å². The van der Waals surface area contributed by atoms with Crippen molar-refractivity contribution in [1.29, 1.82) is 0 Å². The molecule has 1 aliphatic carbocycles. The molecular formula is C16H25NS. The van der Waals surface area contributed by atoms with Crippen LogP contribution in [0.2, 0.25) is 0 Å². The topological polar surface area (TPSA) is 12.0 Å². The SMILES string of the molecule is CC(C)C1CCC2(CC1)N[C@@H](C)Cc1ccsc12. The first-order valence-corrected chi connectivity index (χ1v) is 8.33.